The summed E-state index contributed by atoms with van der Waals surface area (Å²) < 4.78 is 11.6. The second-order valence-electron chi connectivity index (χ2n) is 9.17. The molecule has 0 bridgehead atoms. The van der Waals surface area contributed by atoms with Crippen LogP contribution in [0.2, 0.25) is 0 Å². The summed E-state index contributed by atoms with van der Waals surface area (Å²) in [4.78, 5) is 37.1. The highest BCUT2D eigenvalue weighted by molar-refractivity contribution is 7.98. The predicted molar refractivity (Wildman–Crippen MR) is 137 cm³/mol. The summed E-state index contributed by atoms with van der Waals surface area (Å²) in [5.74, 6) is -0.179. The summed E-state index contributed by atoms with van der Waals surface area (Å²) >= 11 is 1.39. The van der Waals surface area contributed by atoms with E-state index in [0.29, 0.717) is 22.5 Å². The van der Waals surface area contributed by atoms with Gasteiger partial charge in [0.15, 0.2) is 0 Å². The fraction of sp³-hybridized carbons (Fsp3) is 0.321. The molecule has 0 unspecified atom stereocenters. The molecule has 1 amide bonds. The number of furan rings is 1. The third-order valence-electron chi connectivity index (χ3n) is 6.72. The molecule has 1 atom stereocenters. The van der Waals surface area contributed by atoms with Crippen molar-refractivity contribution in [2.75, 3.05) is 5.75 Å². The van der Waals surface area contributed by atoms with Gasteiger partial charge in [0.05, 0.1) is 24.0 Å². The van der Waals surface area contributed by atoms with Crippen LogP contribution in [0.1, 0.15) is 40.9 Å². The number of fused-ring (bicyclic) bond motifs is 4. The number of amides is 1. The number of aliphatic carboxylic acids is 1. The number of carboxylic acids is 1. The lowest BCUT2D eigenvalue weighted by atomic mass is 9.94. The average Bonchev–Trinajstić information content (AvgIpc) is 3.23. The molecule has 8 heteroatoms. The maximum absolute atomic E-state index is 12.8. The number of nitrogens with one attached hydrogen (secondary N) is 1. The van der Waals surface area contributed by atoms with Gasteiger partial charge in [-0.25, -0.2) is 4.79 Å². The molecule has 0 saturated carbocycles. The van der Waals surface area contributed by atoms with E-state index in [1.54, 1.807) is 13.0 Å². The second-order valence-corrected chi connectivity index (χ2v) is 10.2. The summed E-state index contributed by atoms with van der Waals surface area (Å²) in [5, 5.41) is 15.9. The third kappa shape index (κ3) is 4.91. The van der Waals surface area contributed by atoms with Crippen LogP contribution in [-0.2, 0) is 34.6 Å². The molecule has 1 aliphatic rings. The topological polar surface area (TPSA) is 113 Å². The van der Waals surface area contributed by atoms with E-state index in [-0.39, 0.29) is 17.7 Å². The molecule has 1 aliphatic carbocycles. The SMILES string of the molecule is Cc1c(CC(=O)N[C@@H](CSCc2ccccc2)C(=O)[O-])c(=O)oc2cc3oc4c(c3cc12)CCCC4. The Hall–Kier alpha value is -3.52. The largest absolute Gasteiger partial charge is 0.548 e. The Morgan fingerprint density at radius 3 is 2.58 bits per heavy atom. The fourth-order valence-corrected chi connectivity index (χ4v) is 5.79. The first-order valence-corrected chi connectivity index (χ1v) is 13.2. The Labute approximate surface area is 211 Å². The maximum atomic E-state index is 12.8. The van der Waals surface area contributed by atoms with Crippen LogP contribution in [0, 0.1) is 6.92 Å². The number of benzene rings is 2. The highest BCUT2D eigenvalue weighted by Gasteiger charge is 2.22. The average molecular weight is 505 g/mol. The van der Waals surface area contributed by atoms with Crippen molar-refractivity contribution in [3.8, 4) is 0 Å². The number of carboxylic acid groups (broad SMARTS) is 1. The van der Waals surface area contributed by atoms with Crippen LogP contribution in [0.5, 0.6) is 0 Å². The van der Waals surface area contributed by atoms with E-state index in [9.17, 15) is 19.5 Å². The maximum Gasteiger partial charge on any atom is 0.340 e. The molecule has 1 N–H and O–H groups in total. The first-order valence-electron chi connectivity index (χ1n) is 12.0. The second kappa shape index (κ2) is 10.2. The molecule has 0 spiro atoms. The minimum absolute atomic E-state index is 0.151. The van der Waals surface area contributed by atoms with Crippen molar-refractivity contribution in [2.24, 2.45) is 0 Å². The van der Waals surface area contributed by atoms with Gasteiger partial charge in [0.2, 0.25) is 5.91 Å². The van der Waals surface area contributed by atoms with E-state index in [1.165, 1.54) is 17.3 Å². The lowest BCUT2D eigenvalue weighted by molar-refractivity contribution is -0.307. The molecular formula is C28H26NO6S-. The molecular weight excluding hydrogens is 478 g/mol. The summed E-state index contributed by atoms with van der Waals surface area (Å²) in [6, 6.07) is 12.2. The van der Waals surface area contributed by atoms with Gasteiger partial charge in [0, 0.05) is 40.3 Å². The zero-order valence-corrected chi connectivity index (χ0v) is 20.7. The number of hydrogen-bond acceptors (Lipinski definition) is 7. The summed E-state index contributed by atoms with van der Waals surface area (Å²) in [5.41, 5.74) is 3.61. The van der Waals surface area contributed by atoms with Gasteiger partial charge in [0.25, 0.3) is 0 Å². The van der Waals surface area contributed by atoms with Crippen molar-refractivity contribution in [3.63, 3.8) is 0 Å². The molecule has 0 fully saturated rings. The van der Waals surface area contributed by atoms with E-state index >= 15 is 0 Å². The highest BCUT2D eigenvalue weighted by Crippen LogP contribution is 2.35. The van der Waals surface area contributed by atoms with Gasteiger partial charge in [-0.3, -0.25) is 4.79 Å². The molecule has 0 saturated heterocycles. The lowest BCUT2D eigenvalue weighted by Gasteiger charge is -2.19. The Morgan fingerprint density at radius 2 is 1.81 bits per heavy atom. The molecule has 2 aromatic carbocycles. The molecule has 2 aromatic heterocycles. The standard InChI is InChI=1S/C28H27NO6S/c1-16-19-11-21-18-9-5-6-10-23(18)34-25(21)13-24(19)35-28(33)20(16)12-26(30)29-22(27(31)32)15-36-14-17-7-3-2-4-8-17/h2-4,7-8,11,13,22H,5-6,9-10,12,14-15H2,1H3,(H,29,30)(H,31,32)/p-1/t22-/m0/s1. The smallest absolute Gasteiger partial charge is 0.340 e. The first-order chi connectivity index (χ1) is 17.4. The summed E-state index contributed by atoms with van der Waals surface area (Å²) in [7, 11) is 0. The Balaban J connectivity index is 1.34. The van der Waals surface area contributed by atoms with E-state index < -0.39 is 23.5 Å². The van der Waals surface area contributed by atoms with Gasteiger partial charge in [-0.1, -0.05) is 30.3 Å². The van der Waals surface area contributed by atoms with Crippen LogP contribution < -0.4 is 16.0 Å². The third-order valence-corrected chi connectivity index (χ3v) is 7.82. The number of aryl methyl sites for hydroxylation is 3. The van der Waals surface area contributed by atoms with Gasteiger partial charge in [-0.05, 0) is 43.4 Å². The molecule has 7 nitrogen and oxygen atoms in total. The number of rotatable bonds is 8. The molecule has 36 heavy (non-hydrogen) atoms. The summed E-state index contributed by atoms with van der Waals surface area (Å²) in [6.45, 7) is 1.78. The van der Waals surface area contributed by atoms with Gasteiger partial charge in [-0.2, -0.15) is 11.8 Å². The zero-order chi connectivity index (χ0) is 25.2. The zero-order valence-electron chi connectivity index (χ0n) is 19.9. The van der Waals surface area contributed by atoms with Crippen molar-refractivity contribution < 1.29 is 23.5 Å². The van der Waals surface area contributed by atoms with E-state index in [1.807, 2.05) is 36.4 Å². The van der Waals surface area contributed by atoms with Gasteiger partial charge < -0.3 is 24.1 Å². The molecule has 2 heterocycles. The van der Waals surface area contributed by atoms with E-state index in [0.717, 1.165) is 47.8 Å². The van der Waals surface area contributed by atoms with Crippen LogP contribution in [0.3, 0.4) is 0 Å². The van der Waals surface area contributed by atoms with Crippen LogP contribution in [-0.4, -0.2) is 23.7 Å². The van der Waals surface area contributed by atoms with Crippen molar-refractivity contribution in [2.45, 2.75) is 50.8 Å². The van der Waals surface area contributed by atoms with Crippen molar-refractivity contribution in [1.29, 1.82) is 0 Å². The molecule has 0 radical (unpaired) electrons. The van der Waals surface area contributed by atoms with Crippen LogP contribution in [0.15, 0.2) is 56.1 Å². The normalized spacial score (nSPS) is 14.0. The molecule has 4 aromatic rings. The fourth-order valence-electron chi connectivity index (χ4n) is 4.79. The lowest BCUT2D eigenvalue weighted by Crippen LogP contribution is -2.50. The van der Waals surface area contributed by atoms with Crippen molar-refractivity contribution >= 4 is 45.6 Å². The monoisotopic (exact) mass is 504 g/mol. The summed E-state index contributed by atoms with van der Waals surface area (Å²) in [6.07, 6.45) is 3.77. The Bertz CT molecular complexity index is 1500. The number of carbonyl (C=O) groups is 2. The molecule has 5 rings (SSSR count). The predicted octanol–water partition coefficient (Wildman–Crippen LogP) is 3.44. The minimum atomic E-state index is -1.36. The van der Waals surface area contributed by atoms with Crippen molar-refractivity contribution in [1.82, 2.24) is 5.32 Å². The first kappa shape index (κ1) is 24.2. The quantitative estimate of drug-likeness (QED) is 0.366. The number of hydrogen-bond donors (Lipinski definition) is 1. The van der Waals surface area contributed by atoms with Gasteiger partial charge >= 0.3 is 5.63 Å². The molecule has 0 aliphatic heterocycles. The van der Waals surface area contributed by atoms with Crippen LogP contribution >= 0.6 is 11.8 Å². The van der Waals surface area contributed by atoms with Crippen LogP contribution in [0.4, 0.5) is 0 Å². The molecule has 186 valence electrons. The number of carbonyl (C=O) groups excluding carboxylic acids is 2. The number of thioether (sulfide) groups is 1. The highest BCUT2D eigenvalue weighted by atomic mass is 32.2. The van der Waals surface area contributed by atoms with E-state index in [4.69, 9.17) is 8.83 Å². The van der Waals surface area contributed by atoms with Gasteiger partial charge in [-0.15, -0.1) is 0 Å². The van der Waals surface area contributed by atoms with Crippen molar-refractivity contribution in [3.05, 3.63) is 80.9 Å². The van der Waals surface area contributed by atoms with Crippen LogP contribution in [0.25, 0.3) is 21.9 Å². The Morgan fingerprint density at radius 1 is 1.06 bits per heavy atom. The van der Waals surface area contributed by atoms with Gasteiger partial charge in [0.1, 0.15) is 16.9 Å². The Kier molecular flexibility index (Phi) is 6.87. The van der Waals surface area contributed by atoms with E-state index in [2.05, 4.69) is 5.32 Å². The minimum Gasteiger partial charge on any atom is -0.548 e.